The van der Waals surface area contributed by atoms with E-state index >= 15 is 0 Å². The zero-order chi connectivity index (χ0) is 17.8. The summed E-state index contributed by atoms with van der Waals surface area (Å²) in [5, 5.41) is 3.39. The molecule has 0 radical (unpaired) electrons. The molecule has 1 aromatic heterocycles. The van der Waals surface area contributed by atoms with E-state index in [0.717, 1.165) is 61.5 Å². The molecule has 0 spiro atoms. The van der Waals surface area contributed by atoms with Crippen molar-refractivity contribution in [1.82, 2.24) is 14.8 Å². The van der Waals surface area contributed by atoms with E-state index in [4.69, 9.17) is 0 Å². The molecule has 1 aromatic carbocycles. The summed E-state index contributed by atoms with van der Waals surface area (Å²) >= 11 is 0. The average molecular weight is 339 g/mol. The smallest absolute Gasteiger partial charge is 0.255 e. The van der Waals surface area contributed by atoms with E-state index in [1.165, 1.54) is 0 Å². The molecule has 0 aliphatic carbocycles. The van der Waals surface area contributed by atoms with Crippen LogP contribution in [0.4, 0.5) is 0 Å². The first-order valence-corrected chi connectivity index (χ1v) is 9.39. The molecule has 4 nitrogen and oxygen atoms in total. The third kappa shape index (κ3) is 3.64. The first-order valence-electron chi connectivity index (χ1n) is 9.39. The molecule has 25 heavy (non-hydrogen) atoms. The fourth-order valence-corrected chi connectivity index (χ4v) is 3.92. The van der Waals surface area contributed by atoms with Crippen LogP contribution < -0.4 is 5.32 Å². The van der Waals surface area contributed by atoms with Gasteiger partial charge in [0.15, 0.2) is 0 Å². The lowest BCUT2D eigenvalue weighted by molar-refractivity contribution is 0.0642. The second-order valence-corrected chi connectivity index (χ2v) is 6.94. The molecule has 1 aliphatic rings. The highest BCUT2D eigenvalue weighted by Crippen LogP contribution is 2.24. The van der Waals surface area contributed by atoms with Gasteiger partial charge in [0.05, 0.1) is 5.56 Å². The van der Waals surface area contributed by atoms with E-state index < -0.39 is 0 Å². The van der Waals surface area contributed by atoms with E-state index in [2.05, 4.69) is 53.8 Å². The van der Waals surface area contributed by atoms with Gasteiger partial charge >= 0.3 is 0 Å². The van der Waals surface area contributed by atoms with Crippen LogP contribution in [0.3, 0.4) is 0 Å². The Morgan fingerprint density at radius 1 is 1.20 bits per heavy atom. The zero-order valence-electron chi connectivity index (χ0n) is 15.6. The van der Waals surface area contributed by atoms with Gasteiger partial charge in [0.25, 0.3) is 5.91 Å². The molecule has 0 bridgehead atoms. The first-order chi connectivity index (χ1) is 12.1. The quantitative estimate of drug-likeness (QED) is 0.902. The molecule has 2 heterocycles. The number of nitrogens with zero attached hydrogens (tertiary/aromatic N) is 2. The molecule has 4 heteroatoms. The Balaban J connectivity index is 1.93. The van der Waals surface area contributed by atoms with Gasteiger partial charge in [-0.15, -0.1) is 0 Å². The van der Waals surface area contributed by atoms with Crippen molar-refractivity contribution in [1.29, 1.82) is 0 Å². The summed E-state index contributed by atoms with van der Waals surface area (Å²) in [5.74, 6) is 0.184. The van der Waals surface area contributed by atoms with Crippen molar-refractivity contribution in [2.45, 2.75) is 46.1 Å². The maximum atomic E-state index is 13.3. The predicted octanol–water partition coefficient (Wildman–Crippen LogP) is 3.70. The molecular formula is C21H29N3O. The number of aromatic nitrogens is 1. The molecule has 0 saturated carbocycles. The Labute approximate surface area is 150 Å². The molecule has 1 amide bonds. The van der Waals surface area contributed by atoms with Gasteiger partial charge in [-0.1, -0.05) is 25.1 Å². The van der Waals surface area contributed by atoms with Gasteiger partial charge in [-0.05, 0) is 64.4 Å². The molecule has 3 rings (SSSR count). The molecule has 2 aromatic rings. The Bertz CT molecular complexity index is 714. The van der Waals surface area contributed by atoms with Gasteiger partial charge in [0.2, 0.25) is 0 Å². The van der Waals surface area contributed by atoms with E-state index in [1.807, 2.05) is 18.2 Å². The summed E-state index contributed by atoms with van der Waals surface area (Å²) in [6.07, 6.45) is 3.08. The second kappa shape index (κ2) is 7.87. The van der Waals surface area contributed by atoms with Crippen LogP contribution in [-0.4, -0.2) is 41.1 Å². The number of hydrogen-bond acceptors (Lipinski definition) is 2. The van der Waals surface area contributed by atoms with Crippen LogP contribution in [-0.2, 0) is 0 Å². The topological polar surface area (TPSA) is 37.3 Å². The molecular weight excluding hydrogens is 310 g/mol. The van der Waals surface area contributed by atoms with Crippen molar-refractivity contribution in [3.8, 4) is 5.69 Å². The number of aryl methyl sites for hydroxylation is 1. The van der Waals surface area contributed by atoms with Crippen molar-refractivity contribution >= 4 is 5.91 Å². The number of para-hydroxylation sites is 1. The van der Waals surface area contributed by atoms with Gasteiger partial charge in [-0.25, -0.2) is 0 Å². The summed E-state index contributed by atoms with van der Waals surface area (Å²) in [6.45, 7) is 9.11. The SMILES string of the molecule is CCCN(C(=O)c1cc(C)n(-c2ccccc2)c1C)C1CCNCC1. The number of nitrogens with one attached hydrogen (secondary N) is 1. The van der Waals surface area contributed by atoms with Gasteiger partial charge in [-0.2, -0.15) is 0 Å². The lowest BCUT2D eigenvalue weighted by Crippen LogP contribution is -2.46. The van der Waals surface area contributed by atoms with Crippen LogP contribution in [0.5, 0.6) is 0 Å². The lowest BCUT2D eigenvalue weighted by Gasteiger charge is -2.34. The highest BCUT2D eigenvalue weighted by atomic mass is 16.2. The monoisotopic (exact) mass is 339 g/mol. The van der Waals surface area contributed by atoms with Crippen LogP contribution >= 0.6 is 0 Å². The second-order valence-electron chi connectivity index (χ2n) is 6.94. The molecule has 0 atom stereocenters. The number of benzene rings is 1. The largest absolute Gasteiger partial charge is 0.336 e. The zero-order valence-corrected chi connectivity index (χ0v) is 15.6. The molecule has 1 saturated heterocycles. The van der Waals surface area contributed by atoms with Gasteiger partial charge in [0, 0.05) is 29.7 Å². The van der Waals surface area contributed by atoms with Crippen molar-refractivity contribution in [3.63, 3.8) is 0 Å². The number of hydrogen-bond donors (Lipinski definition) is 1. The molecule has 0 unspecified atom stereocenters. The summed E-state index contributed by atoms with van der Waals surface area (Å²) in [4.78, 5) is 15.5. The van der Waals surface area contributed by atoms with Gasteiger partial charge in [0.1, 0.15) is 0 Å². The van der Waals surface area contributed by atoms with Crippen LogP contribution in [0.25, 0.3) is 5.69 Å². The maximum Gasteiger partial charge on any atom is 0.255 e. The molecule has 134 valence electrons. The number of piperidine rings is 1. The fourth-order valence-electron chi connectivity index (χ4n) is 3.92. The highest BCUT2D eigenvalue weighted by molar-refractivity contribution is 5.96. The maximum absolute atomic E-state index is 13.3. The lowest BCUT2D eigenvalue weighted by atomic mass is 10.0. The van der Waals surface area contributed by atoms with Crippen LogP contribution in [0.2, 0.25) is 0 Å². The van der Waals surface area contributed by atoms with Crippen molar-refractivity contribution in [3.05, 3.63) is 53.3 Å². The Morgan fingerprint density at radius 3 is 2.52 bits per heavy atom. The fraction of sp³-hybridized carbons (Fsp3) is 0.476. The normalized spacial score (nSPS) is 15.3. The van der Waals surface area contributed by atoms with Crippen LogP contribution in [0, 0.1) is 13.8 Å². The van der Waals surface area contributed by atoms with E-state index in [1.54, 1.807) is 0 Å². The number of carbonyl (C=O) groups excluding carboxylic acids is 1. The van der Waals surface area contributed by atoms with Gasteiger partial charge in [-0.3, -0.25) is 4.79 Å². The minimum Gasteiger partial charge on any atom is -0.336 e. The average Bonchev–Trinajstić information content (AvgIpc) is 2.95. The Hall–Kier alpha value is -2.07. The highest BCUT2D eigenvalue weighted by Gasteiger charge is 2.28. The van der Waals surface area contributed by atoms with E-state index in [9.17, 15) is 4.79 Å². The van der Waals surface area contributed by atoms with Gasteiger partial charge < -0.3 is 14.8 Å². The third-order valence-electron chi connectivity index (χ3n) is 5.15. The number of carbonyl (C=O) groups is 1. The van der Waals surface area contributed by atoms with Crippen molar-refractivity contribution < 1.29 is 4.79 Å². The van der Waals surface area contributed by atoms with Crippen LogP contribution in [0.1, 0.15) is 47.9 Å². The van der Waals surface area contributed by atoms with Crippen molar-refractivity contribution in [2.24, 2.45) is 0 Å². The van der Waals surface area contributed by atoms with E-state index in [-0.39, 0.29) is 5.91 Å². The molecule has 1 N–H and O–H groups in total. The first kappa shape index (κ1) is 17.7. The van der Waals surface area contributed by atoms with E-state index in [0.29, 0.717) is 6.04 Å². The number of amides is 1. The van der Waals surface area contributed by atoms with Crippen molar-refractivity contribution in [2.75, 3.05) is 19.6 Å². The molecule has 1 aliphatic heterocycles. The Kier molecular flexibility index (Phi) is 5.59. The third-order valence-corrected chi connectivity index (χ3v) is 5.15. The predicted molar refractivity (Wildman–Crippen MR) is 102 cm³/mol. The standard InChI is InChI=1S/C21H29N3O/c1-4-14-23(18-10-12-22-13-11-18)21(25)20-15-16(2)24(17(20)3)19-8-6-5-7-9-19/h5-9,15,18,22H,4,10-14H2,1-3H3. The molecule has 1 fully saturated rings. The summed E-state index contributed by atoms with van der Waals surface area (Å²) in [5.41, 5.74) is 4.09. The Morgan fingerprint density at radius 2 is 1.88 bits per heavy atom. The minimum absolute atomic E-state index is 0.184. The summed E-state index contributed by atoms with van der Waals surface area (Å²) < 4.78 is 2.18. The number of rotatable bonds is 5. The summed E-state index contributed by atoms with van der Waals surface area (Å²) in [6, 6.07) is 12.7. The van der Waals surface area contributed by atoms with Crippen LogP contribution in [0.15, 0.2) is 36.4 Å². The minimum atomic E-state index is 0.184. The summed E-state index contributed by atoms with van der Waals surface area (Å²) in [7, 11) is 0.